The van der Waals surface area contributed by atoms with Crippen LogP contribution in [0.4, 0.5) is 4.39 Å². The summed E-state index contributed by atoms with van der Waals surface area (Å²) in [5.74, 6) is 0.328. The Bertz CT molecular complexity index is 1900. The summed E-state index contributed by atoms with van der Waals surface area (Å²) in [6.45, 7) is 5.75. The first-order valence-corrected chi connectivity index (χ1v) is 14.6. The smallest absolute Gasteiger partial charge is 0.488 e. The zero-order valence-corrected chi connectivity index (χ0v) is 28.8. The van der Waals surface area contributed by atoms with Gasteiger partial charge in [0.1, 0.15) is 6.33 Å². The predicted molar refractivity (Wildman–Crippen MR) is 164 cm³/mol. The molecule has 5 aromatic rings. The van der Waals surface area contributed by atoms with Crippen molar-refractivity contribution in [2.24, 2.45) is 4.99 Å². The number of aromatic nitrogens is 4. The van der Waals surface area contributed by atoms with Gasteiger partial charge < -0.3 is 9.84 Å². The Morgan fingerprint density at radius 2 is 1.84 bits per heavy atom. The van der Waals surface area contributed by atoms with Crippen LogP contribution in [0.15, 0.2) is 82.8 Å². The molecule has 1 unspecified atom stereocenters. The van der Waals surface area contributed by atoms with E-state index in [9.17, 15) is 9.90 Å². The first-order chi connectivity index (χ1) is 21.3. The number of benzene rings is 3. The van der Waals surface area contributed by atoms with Crippen LogP contribution >= 0.6 is 0 Å². The number of hydrogen-bond acceptors (Lipinski definition) is 8. The molecule has 3 aromatic carbocycles. The normalized spacial score (nSPS) is 14.4. The van der Waals surface area contributed by atoms with Crippen LogP contribution in [0.25, 0.3) is 22.6 Å². The van der Waals surface area contributed by atoms with E-state index in [4.69, 9.17) is 9.57 Å². The van der Waals surface area contributed by atoms with Crippen LogP contribution in [0.1, 0.15) is 56.0 Å². The van der Waals surface area contributed by atoms with Crippen LogP contribution in [0.3, 0.4) is 0 Å². The first-order valence-electron chi connectivity index (χ1n) is 14.6. The number of hydrogen-bond donors (Lipinski definition) is 2. The predicted octanol–water partition coefficient (Wildman–Crippen LogP) is 1.97. The van der Waals surface area contributed by atoms with Gasteiger partial charge in [-0.1, -0.05) is 61.9 Å². The van der Waals surface area contributed by atoms with Gasteiger partial charge in [-0.25, -0.2) is 28.8 Å². The van der Waals surface area contributed by atoms with Crippen LogP contribution in [0, 0.1) is 5.82 Å². The van der Waals surface area contributed by atoms with E-state index >= 15 is 4.39 Å². The number of aliphatic imine (C=N–C) groups is 1. The molecule has 0 amide bonds. The topological polar surface area (TPSA) is 115 Å². The molecule has 1 atom stereocenters. The largest absolute Gasteiger partial charge is 1.00 e. The molecule has 2 N–H and O–H groups in total. The van der Waals surface area contributed by atoms with Gasteiger partial charge in [-0.2, -0.15) is 10.1 Å². The van der Waals surface area contributed by atoms with E-state index in [2.05, 4.69) is 27.5 Å². The van der Waals surface area contributed by atoms with Crippen molar-refractivity contribution in [1.82, 2.24) is 24.6 Å². The zero-order valence-electron chi connectivity index (χ0n) is 25.7. The average molecular weight is 636 g/mol. The molecule has 0 saturated carbocycles. The fraction of sp³-hybridized carbons (Fsp3) is 0.273. The van der Waals surface area contributed by atoms with E-state index in [-0.39, 0.29) is 68.8 Å². The van der Waals surface area contributed by atoms with Crippen LogP contribution in [-0.4, -0.2) is 42.6 Å². The number of amidine groups is 1. The molecule has 1 aliphatic rings. The third kappa shape index (κ3) is 6.97. The van der Waals surface area contributed by atoms with Gasteiger partial charge in [-0.15, -0.1) is 0 Å². The van der Waals surface area contributed by atoms with Gasteiger partial charge in [0.15, 0.2) is 17.4 Å². The Hall–Kier alpha value is -3.23. The molecule has 0 aliphatic carbocycles. The van der Waals surface area contributed by atoms with Gasteiger partial charge in [-0.3, -0.25) is 4.79 Å². The van der Waals surface area contributed by atoms with E-state index in [1.54, 1.807) is 10.6 Å². The van der Waals surface area contributed by atoms with E-state index in [1.807, 2.05) is 62.4 Å². The molecular formula is C33H33FKN6O4+. The number of nitrogens with zero attached hydrogens (tertiary/aromatic N) is 5. The van der Waals surface area contributed by atoms with Gasteiger partial charge in [0.25, 0.3) is 12.0 Å². The van der Waals surface area contributed by atoms with Crippen molar-refractivity contribution in [3.63, 3.8) is 0 Å². The summed E-state index contributed by atoms with van der Waals surface area (Å²) >= 11 is 0. The number of aliphatic hydroxyl groups excluding tert-OH is 1. The summed E-state index contributed by atoms with van der Waals surface area (Å²) in [5.41, 5.74) is 7.66. The van der Waals surface area contributed by atoms with E-state index in [0.29, 0.717) is 35.7 Å². The standard InChI is InChI=1S/C33H33FN6O4.K/c1-4-5-10-28-26(17-21-11-13-22(14-12-21)24-8-6-7-9-25(24)30-37-33(42)44-38-30)31(41)39(32-35-19-36-40(28)32)23-15-16-29(27(34)18-23)43-20(2)3;/h6-9,11-16,18-20,33,42H,4-5,10,17H2,1-3H3,(H,37,38);/q;+1. The molecule has 12 heteroatoms. The molecule has 0 bridgehead atoms. The number of aliphatic hydroxyl groups is 1. The van der Waals surface area contributed by atoms with Crippen LogP contribution in [0.5, 0.6) is 5.75 Å². The van der Waals surface area contributed by atoms with Crippen LogP contribution in [0.2, 0.25) is 0 Å². The van der Waals surface area contributed by atoms with Gasteiger partial charge in [-0.05, 0) is 55.5 Å². The summed E-state index contributed by atoms with van der Waals surface area (Å²) in [6, 6.07) is 20.1. The van der Waals surface area contributed by atoms with Crippen molar-refractivity contribution in [1.29, 1.82) is 0 Å². The van der Waals surface area contributed by atoms with Gasteiger partial charge in [0, 0.05) is 23.6 Å². The summed E-state index contributed by atoms with van der Waals surface area (Å²) in [4.78, 5) is 27.7. The summed E-state index contributed by atoms with van der Waals surface area (Å²) in [6.07, 6.45) is 2.77. The molecule has 10 nitrogen and oxygen atoms in total. The average Bonchev–Trinajstić information content (AvgIpc) is 3.68. The molecule has 45 heavy (non-hydrogen) atoms. The molecule has 6 rings (SSSR count). The van der Waals surface area contributed by atoms with Crippen molar-refractivity contribution in [2.75, 3.05) is 0 Å². The Labute approximate surface area is 302 Å². The molecule has 3 heterocycles. The Morgan fingerprint density at radius 1 is 1.09 bits per heavy atom. The zero-order chi connectivity index (χ0) is 30.8. The van der Waals surface area contributed by atoms with Crippen LogP contribution in [-0.2, 0) is 17.7 Å². The number of fused-ring (bicyclic) bond motifs is 1. The second kappa shape index (κ2) is 14.5. The molecule has 226 valence electrons. The Balaban J connectivity index is 0.00000400. The number of halogens is 1. The van der Waals surface area contributed by atoms with E-state index in [0.717, 1.165) is 40.8 Å². The number of aryl methyl sites for hydroxylation is 1. The molecule has 2 aromatic heterocycles. The van der Waals surface area contributed by atoms with E-state index in [1.165, 1.54) is 23.0 Å². The van der Waals surface area contributed by atoms with Crippen LogP contribution < -0.4 is 67.2 Å². The third-order valence-electron chi connectivity index (χ3n) is 7.43. The minimum atomic E-state index is -1.25. The number of hydroxylamine groups is 1. The molecule has 0 fully saturated rings. The number of nitrogens with one attached hydrogen (secondary N) is 1. The number of unbranched alkanes of at least 4 members (excludes halogenated alkanes) is 1. The second-order valence-corrected chi connectivity index (χ2v) is 10.9. The summed E-state index contributed by atoms with van der Waals surface area (Å²) < 4.78 is 23.7. The Kier molecular flexibility index (Phi) is 10.6. The fourth-order valence-electron chi connectivity index (χ4n) is 5.39. The maximum Gasteiger partial charge on any atom is 1.00 e. The summed E-state index contributed by atoms with van der Waals surface area (Å²) in [5, 5.41) is 14.1. The molecule has 0 radical (unpaired) electrons. The van der Waals surface area contributed by atoms with Gasteiger partial charge in [0.2, 0.25) is 5.78 Å². The summed E-state index contributed by atoms with van der Waals surface area (Å²) in [7, 11) is 0. The SMILES string of the molecule is CCCCc1c(Cc2ccc(-c3ccccc3C3=NC(O)ON3)cc2)c(=O)n(-c2ccc(OC(C)C)c(F)c2)c2ncnn12.[K+]. The third-order valence-corrected chi connectivity index (χ3v) is 7.43. The fourth-order valence-corrected chi connectivity index (χ4v) is 5.39. The minimum Gasteiger partial charge on any atom is -0.488 e. The Morgan fingerprint density at radius 3 is 2.51 bits per heavy atom. The maximum atomic E-state index is 15.1. The van der Waals surface area contributed by atoms with Gasteiger partial charge >= 0.3 is 51.4 Å². The van der Waals surface area contributed by atoms with Crippen molar-refractivity contribution in [2.45, 2.75) is 59.0 Å². The van der Waals surface area contributed by atoms with Crippen molar-refractivity contribution >= 4 is 11.6 Å². The van der Waals surface area contributed by atoms with Crippen molar-refractivity contribution in [3.8, 4) is 22.6 Å². The molecule has 0 saturated heterocycles. The van der Waals surface area contributed by atoms with Crippen molar-refractivity contribution < 1.29 is 70.5 Å². The number of rotatable bonds is 10. The quantitative estimate of drug-likeness (QED) is 0.226. The molecule has 0 spiro atoms. The second-order valence-electron chi connectivity index (χ2n) is 10.9. The molecular weight excluding hydrogens is 602 g/mol. The van der Waals surface area contributed by atoms with E-state index < -0.39 is 12.2 Å². The van der Waals surface area contributed by atoms with Gasteiger partial charge in [0.05, 0.1) is 17.5 Å². The van der Waals surface area contributed by atoms with Crippen molar-refractivity contribution in [3.05, 3.63) is 112 Å². The first kappa shape index (κ1) is 33.1. The molecule has 1 aliphatic heterocycles. The maximum absolute atomic E-state index is 15.1. The minimum absolute atomic E-state index is 0. The number of ether oxygens (including phenoxy) is 1. The monoisotopic (exact) mass is 635 g/mol.